The SMILES string of the molecule is Cc1ccc(OCCC(=O)N2CCOC[C@H]2c2ncon2)c(C)c1. The summed E-state index contributed by atoms with van der Waals surface area (Å²) in [6.45, 7) is 5.77. The molecular formula is C17H21N3O4. The molecule has 0 unspecified atom stereocenters. The Bertz CT molecular complexity index is 687. The van der Waals surface area contributed by atoms with Crippen molar-refractivity contribution < 1.29 is 18.8 Å². The van der Waals surface area contributed by atoms with Crippen molar-refractivity contribution in [1.82, 2.24) is 15.0 Å². The zero-order valence-corrected chi connectivity index (χ0v) is 13.9. The van der Waals surface area contributed by atoms with Crippen LogP contribution in [0.2, 0.25) is 0 Å². The lowest BCUT2D eigenvalue weighted by atomic mass is 10.1. The van der Waals surface area contributed by atoms with Crippen LogP contribution >= 0.6 is 0 Å². The van der Waals surface area contributed by atoms with Gasteiger partial charge < -0.3 is 18.9 Å². The number of amides is 1. The van der Waals surface area contributed by atoms with Gasteiger partial charge in [0.05, 0.1) is 26.2 Å². The quantitative estimate of drug-likeness (QED) is 0.834. The Morgan fingerprint density at radius 1 is 1.42 bits per heavy atom. The molecule has 1 amide bonds. The highest BCUT2D eigenvalue weighted by atomic mass is 16.5. The van der Waals surface area contributed by atoms with Crippen molar-refractivity contribution in [2.75, 3.05) is 26.4 Å². The molecule has 0 bridgehead atoms. The highest BCUT2D eigenvalue weighted by molar-refractivity contribution is 5.76. The van der Waals surface area contributed by atoms with E-state index in [4.69, 9.17) is 14.0 Å². The number of benzene rings is 1. The summed E-state index contributed by atoms with van der Waals surface area (Å²) in [5.74, 6) is 1.28. The molecule has 7 nitrogen and oxygen atoms in total. The number of aryl methyl sites for hydroxylation is 2. The van der Waals surface area contributed by atoms with Crippen molar-refractivity contribution in [2.45, 2.75) is 26.3 Å². The van der Waals surface area contributed by atoms with Gasteiger partial charge in [0, 0.05) is 6.54 Å². The summed E-state index contributed by atoms with van der Waals surface area (Å²) in [4.78, 5) is 18.3. The predicted octanol–water partition coefficient (Wildman–Crippen LogP) is 2.06. The lowest BCUT2D eigenvalue weighted by Crippen LogP contribution is -2.44. The molecular weight excluding hydrogens is 310 g/mol. The lowest BCUT2D eigenvalue weighted by Gasteiger charge is -2.33. The fraction of sp³-hybridized carbons (Fsp3) is 0.471. The van der Waals surface area contributed by atoms with Crippen molar-refractivity contribution in [1.29, 1.82) is 0 Å². The molecule has 0 aliphatic carbocycles. The molecule has 2 heterocycles. The van der Waals surface area contributed by atoms with Gasteiger partial charge in [-0.3, -0.25) is 4.79 Å². The zero-order chi connectivity index (χ0) is 16.9. The van der Waals surface area contributed by atoms with Crippen molar-refractivity contribution in [3.05, 3.63) is 41.5 Å². The molecule has 1 aliphatic rings. The van der Waals surface area contributed by atoms with Crippen LogP contribution in [0.5, 0.6) is 5.75 Å². The molecule has 1 aliphatic heterocycles. The minimum Gasteiger partial charge on any atom is -0.493 e. The Kier molecular flexibility index (Phi) is 5.10. The van der Waals surface area contributed by atoms with E-state index < -0.39 is 0 Å². The number of aromatic nitrogens is 2. The summed E-state index contributed by atoms with van der Waals surface area (Å²) >= 11 is 0. The normalized spacial score (nSPS) is 17.8. The van der Waals surface area contributed by atoms with Gasteiger partial charge in [-0.05, 0) is 25.5 Å². The minimum absolute atomic E-state index is 0.00198. The van der Waals surface area contributed by atoms with E-state index in [1.165, 1.54) is 12.0 Å². The number of hydrogen-bond donors (Lipinski definition) is 0. The van der Waals surface area contributed by atoms with Crippen LogP contribution in [0.3, 0.4) is 0 Å². The van der Waals surface area contributed by atoms with E-state index >= 15 is 0 Å². The fourth-order valence-corrected chi connectivity index (χ4v) is 2.79. The zero-order valence-electron chi connectivity index (χ0n) is 13.9. The highest BCUT2D eigenvalue weighted by Crippen LogP contribution is 2.23. The second-order valence-electron chi connectivity index (χ2n) is 5.83. The highest BCUT2D eigenvalue weighted by Gasteiger charge is 2.31. The van der Waals surface area contributed by atoms with Crippen molar-refractivity contribution in [2.24, 2.45) is 0 Å². The maximum atomic E-state index is 12.5. The van der Waals surface area contributed by atoms with Crippen LogP contribution in [-0.4, -0.2) is 47.3 Å². The van der Waals surface area contributed by atoms with E-state index in [0.29, 0.717) is 38.6 Å². The van der Waals surface area contributed by atoms with Gasteiger partial charge in [-0.15, -0.1) is 0 Å². The van der Waals surface area contributed by atoms with Crippen LogP contribution in [0, 0.1) is 13.8 Å². The molecule has 2 aromatic rings. The Balaban J connectivity index is 1.57. The molecule has 3 rings (SSSR count). The average molecular weight is 331 g/mol. The number of nitrogens with zero attached hydrogens (tertiary/aromatic N) is 3. The summed E-state index contributed by atoms with van der Waals surface area (Å²) < 4.78 is 16.0. The van der Waals surface area contributed by atoms with E-state index in [1.54, 1.807) is 4.90 Å². The monoisotopic (exact) mass is 331 g/mol. The van der Waals surface area contributed by atoms with Gasteiger partial charge in [0.15, 0.2) is 5.82 Å². The second-order valence-corrected chi connectivity index (χ2v) is 5.83. The summed E-state index contributed by atoms with van der Waals surface area (Å²) in [5.41, 5.74) is 2.26. The smallest absolute Gasteiger partial charge is 0.226 e. The van der Waals surface area contributed by atoms with Gasteiger partial charge in [0.25, 0.3) is 0 Å². The summed E-state index contributed by atoms with van der Waals surface area (Å²) in [6, 6.07) is 5.70. The predicted molar refractivity (Wildman–Crippen MR) is 85.6 cm³/mol. The Labute approximate surface area is 140 Å². The molecule has 24 heavy (non-hydrogen) atoms. The fourth-order valence-electron chi connectivity index (χ4n) is 2.79. The van der Waals surface area contributed by atoms with Crippen LogP contribution < -0.4 is 4.74 Å². The van der Waals surface area contributed by atoms with Crippen LogP contribution in [0.4, 0.5) is 0 Å². The standard InChI is InChI=1S/C17H21N3O4/c1-12-3-4-15(13(2)9-12)23-7-5-16(21)20-6-8-22-10-14(20)17-18-11-24-19-17/h3-4,9,11,14H,5-8,10H2,1-2H3/t14-/m0/s1. The number of rotatable bonds is 5. The first-order valence-corrected chi connectivity index (χ1v) is 7.98. The van der Waals surface area contributed by atoms with E-state index in [9.17, 15) is 4.79 Å². The Hall–Kier alpha value is -2.41. The first-order valence-electron chi connectivity index (χ1n) is 7.98. The summed E-state index contributed by atoms with van der Waals surface area (Å²) in [5, 5.41) is 3.83. The van der Waals surface area contributed by atoms with E-state index in [0.717, 1.165) is 11.3 Å². The topological polar surface area (TPSA) is 77.7 Å². The molecule has 1 atom stereocenters. The van der Waals surface area contributed by atoms with Crippen molar-refractivity contribution in [3.63, 3.8) is 0 Å². The average Bonchev–Trinajstić information content (AvgIpc) is 3.11. The Morgan fingerprint density at radius 3 is 3.04 bits per heavy atom. The molecule has 1 aromatic heterocycles. The molecule has 128 valence electrons. The molecule has 0 spiro atoms. The maximum absolute atomic E-state index is 12.5. The number of carbonyl (C=O) groups is 1. The van der Waals surface area contributed by atoms with Crippen LogP contribution in [0.25, 0.3) is 0 Å². The van der Waals surface area contributed by atoms with Gasteiger partial charge in [0.1, 0.15) is 11.8 Å². The molecule has 1 aromatic carbocycles. The van der Waals surface area contributed by atoms with E-state index in [1.807, 2.05) is 26.0 Å². The lowest BCUT2D eigenvalue weighted by molar-refractivity contribution is -0.141. The van der Waals surface area contributed by atoms with Gasteiger partial charge in [0.2, 0.25) is 12.3 Å². The number of hydrogen-bond acceptors (Lipinski definition) is 6. The van der Waals surface area contributed by atoms with Crippen molar-refractivity contribution >= 4 is 5.91 Å². The molecule has 0 N–H and O–H groups in total. The minimum atomic E-state index is -0.300. The second kappa shape index (κ2) is 7.44. The Morgan fingerprint density at radius 2 is 2.29 bits per heavy atom. The van der Waals surface area contributed by atoms with Gasteiger partial charge in [-0.2, -0.15) is 4.98 Å². The first kappa shape index (κ1) is 16.4. The van der Waals surface area contributed by atoms with Gasteiger partial charge in [-0.25, -0.2) is 0 Å². The third-order valence-electron chi connectivity index (χ3n) is 4.03. The van der Waals surface area contributed by atoms with Crippen LogP contribution in [0.15, 0.2) is 29.1 Å². The third kappa shape index (κ3) is 3.73. The van der Waals surface area contributed by atoms with Gasteiger partial charge in [-0.1, -0.05) is 22.9 Å². The largest absolute Gasteiger partial charge is 0.493 e. The van der Waals surface area contributed by atoms with Crippen molar-refractivity contribution in [3.8, 4) is 5.75 Å². The molecule has 7 heteroatoms. The number of carbonyl (C=O) groups excluding carboxylic acids is 1. The number of morpholine rings is 1. The molecule has 0 saturated carbocycles. The van der Waals surface area contributed by atoms with E-state index in [2.05, 4.69) is 16.2 Å². The third-order valence-corrected chi connectivity index (χ3v) is 4.03. The number of ether oxygens (including phenoxy) is 2. The van der Waals surface area contributed by atoms with Crippen LogP contribution in [0.1, 0.15) is 29.4 Å². The van der Waals surface area contributed by atoms with Crippen LogP contribution in [-0.2, 0) is 9.53 Å². The van der Waals surface area contributed by atoms with Gasteiger partial charge >= 0.3 is 0 Å². The molecule has 1 saturated heterocycles. The first-order chi connectivity index (χ1) is 11.6. The summed E-state index contributed by atoms with van der Waals surface area (Å²) in [7, 11) is 0. The van der Waals surface area contributed by atoms with E-state index in [-0.39, 0.29) is 11.9 Å². The molecule has 1 fully saturated rings. The maximum Gasteiger partial charge on any atom is 0.226 e. The molecule has 0 radical (unpaired) electrons. The summed E-state index contributed by atoms with van der Waals surface area (Å²) in [6.07, 6.45) is 1.55.